The Balaban J connectivity index is 3.93. The first kappa shape index (κ1) is 9.01. The van der Waals surface area contributed by atoms with E-state index < -0.39 is 5.91 Å². The smallest absolute Gasteiger partial charge is 0.264 e. The van der Waals surface area contributed by atoms with E-state index in [2.05, 4.69) is 11.9 Å². The highest BCUT2D eigenvalue weighted by Crippen LogP contribution is 2.00. The molecule has 58 valence electrons. The van der Waals surface area contributed by atoms with E-state index in [1.165, 1.54) is 0 Å². The minimum Gasteiger partial charge on any atom is -0.376 e. The van der Waals surface area contributed by atoms with Gasteiger partial charge in [-0.1, -0.05) is 6.58 Å². The van der Waals surface area contributed by atoms with Crippen molar-refractivity contribution in [2.24, 2.45) is 5.73 Å². The van der Waals surface area contributed by atoms with Gasteiger partial charge in [0.05, 0.1) is 5.70 Å². The summed E-state index contributed by atoms with van der Waals surface area (Å²) in [5.74, 6) is -0.505. The molecule has 0 fully saturated rings. The molecule has 0 aromatic rings. The summed E-state index contributed by atoms with van der Waals surface area (Å²) in [5, 5.41) is 2.85. The summed E-state index contributed by atoms with van der Waals surface area (Å²) in [4.78, 5) is 10.4. The molecule has 0 aliphatic rings. The number of carbonyl (C=O) groups excluding carboxylic acids is 1. The molecule has 0 aliphatic heterocycles. The minimum absolute atomic E-state index is 0.147. The van der Waals surface area contributed by atoms with E-state index in [9.17, 15) is 4.79 Å². The predicted molar refractivity (Wildman–Crippen MR) is 41.2 cm³/mol. The first-order valence-electron chi connectivity index (χ1n) is 3.10. The number of carbonyl (C=O) groups is 1. The fraction of sp³-hybridized carbons (Fsp3) is 0.571. The van der Waals surface area contributed by atoms with E-state index in [0.717, 1.165) is 0 Å². The van der Waals surface area contributed by atoms with Gasteiger partial charge in [0.1, 0.15) is 0 Å². The molecule has 3 heteroatoms. The highest BCUT2D eigenvalue weighted by Gasteiger charge is 2.11. The Kier molecular flexibility index (Phi) is 2.46. The van der Waals surface area contributed by atoms with Crippen molar-refractivity contribution >= 4 is 5.91 Å². The molecule has 0 heterocycles. The maximum absolute atomic E-state index is 10.4. The number of hydrogen-bond acceptors (Lipinski definition) is 2. The van der Waals surface area contributed by atoms with Crippen LogP contribution in [0, 0.1) is 0 Å². The fourth-order valence-electron chi connectivity index (χ4n) is 0.514. The van der Waals surface area contributed by atoms with E-state index in [4.69, 9.17) is 5.73 Å². The van der Waals surface area contributed by atoms with Crippen LogP contribution in [0.25, 0.3) is 0 Å². The Hall–Kier alpha value is -0.990. The number of primary amides is 1. The van der Waals surface area contributed by atoms with Gasteiger partial charge in [0.25, 0.3) is 5.91 Å². The molecule has 0 rings (SSSR count). The van der Waals surface area contributed by atoms with Crippen LogP contribution in [0.4, 0.5) is 0 Å². The highest BCUT2D eigenvalue weighted by atomic mass is 16.1. The lowest BCUT2D eigenvalue weighted by molar-refractivity contribution is -0.115. The molecule has 0 spiro atoms. The first-order valence-corrected chi connectivity index (χ1v) is 3.10. The molecule has 0 bridgehead atoms. The van der Waals surface area contributed by atoms with E-state index in [0.29, 0.717) is 0 Å². The van der Waals surface area contributed by atoms with Crippen LogP contribution in [-0.2, 0) is 4.79 Å². The van der Waals surface area contributed by atoms with E-state index in [1.54, 1.807) is 0 Å². The van der Waals surface area contributed by atoms with Crippen LogP contribution < -0.4 is 11.1 Å². The quantitative estimate of drug-likeness (QED) is 0.547. The van der Waals surface area contributed by atoms with Gasteiger partial charge < -0.3 is 11.1 Å². The molecule has 0 saturated heterocycles. The van der Waals surface area contributed by atoms with E-state index >= 15 is 0 Å². The summed E-state index contributed by atoms with van der Waals surface area (Å²) in [6, 6.07) is 0. The van der Waals surface area contributed by atoms with Crippen LogP contribution in [0.15, 0.2) is 12.3 Å². The fourth-order valence-corrected chi connectivity index (χ4v) is 0.514. The molecule has 1 amide bonds. The zero-order valence-electron chi connectivity index (χ0n) is 6.69. The van der Waals surface area contributed by atoms with Crippen LogP contribution in [0.5, 0.6) is 0 Å². The van der Waals surface area contributed by atoms with Crippen molar-refractivity contribution in [3.05, 3.63) is 12.3 Å². The molecule has 0 atom stereocenters. The van der Waals surface area contributed by atoms with Crippen molar-refractivity contribution in [1.82, 2.24) is 5.32 Å². The Morgan fingerprint density at radius 3 is 2.00 bits per heavy atom. The number of amides is 1. The minimum atomic E-state index is -0.505. The van der Waals surface area contributed by atoms with Crippen LogP contribution in [0.2, 0.25) is 0 Å². The third kappa shape index (κ3) is 3.95. The normalized spacial score (nSPS) is 10.7. The van der Waals surface area contributed by atoms with Crippen molar-refractivity contribution in [2.45, 2.75) is 26.3 Å². The molecule has 0 aromatic heterocycles. The standard InChI is InChI=1S/C7H14N2O/c1-5(6(8)10)9-7(2,3)4/h9H,1H2,2-4H3,(H2,8,10). The molecular weight excluding hydrogens is 128 g/mol. The third-order valence-corrected chi connectivity index (χ3v) is 0.823. The van der Waals surface area contributed by atoms with Crippen LogP contribution in [-0.4, -0.2) is 11.4 Å². The zero-order valence-corrected chi connectivity index (χ0v) is 6.69. The predicted octanol–water partition coefficient (Wildman–Crippen LogP) is 0.373. The maximum atomic E-state index is 10.4. The number of hydrogen-bond donors (Lipinski definition) is 2. The second kappa shape index (κ2) is 2.73. The van der Waals surface area contributed by atoms with Gasteiger partial charge in [0, 0.05) is 5.54 Å². The van der Waals surface area contributed by atoms with Gasteiger partial charge in [-0.3, -0.25) is 4.79 Å². The molecular formula is C7H14N2O. The van der Waals surface area contributed by atoms with Crippen LogP contribution in [0.1, 0.15) is 20.8 Å². The summed E-state index contributed by atoms with van der Waals surface area (Å²) in [7, 11) is 0. The Labute approximate surface area is 61.3 Å². The average molecular weight is 142 g/mol. The summed E-state index contributed by atoms with van der Waals surface area (Å²) in [6.45, 7) is 9.25. The monoisotopic (exact) mass is 142 g/mol. The molecule has 10 heavy (non-hydrogen) atoms. The van der Waals surface area contributed by atoms with Crippen LogP contribution in [0.3, 0.4) is 0 Å². The summed E-state index contributed by atoms with van der Waals surface area (Å²) in [6.07, 6.45) is 0. The van der Waals surface area contributed by atoms with Gasteiger partial charge >= 0.3 is 0 Å². The van der Waals surface area contributed by atoms with E-state index in [-0.39, 0.29) is 11.2 Å². The third-order valence-electron chi connectivity index (χ3n) is 0.823. The summed E-state index contributed by atoms with van der Waals surface area (Å²) >= 11 is 0. The lowest BCUT2D eigenvalue weighted by atomic mass is 10.1. The Morgan fingerprint density at radius 2 is 1.90 bits per heavy atom. The molecule has 0 unspecified atom stereocenters. The van der Waals surface area contributed by atoms with Gasteiger partial charge in [0.2, 0.25) is 0 Å². The van der Waals surface area contributed by atoms with Crippen molar-refractivity contribution in [2.75, 3.05) is 0 Å². The second-order valence-electron chi connectivity index (χ2n) is 3.22. The largest absolute Gasteiger partial charge is 0.376 e. The van der Waals surface area contributed by atoms with Gasteiger partial charge in [-0.2, -0.15) is 0 Å². The van der Waals surface area contributed by atoms with Crippen molar-refractivity contribution in [1.29, 1.82) is 0 Å². The lowest BCUT2D eigenvalue weighted by Gasteiger charge is -2.21. The molecule has 0 saturated carbocycles. The first-order chi connectivity index (χ1) is 4.33. The SMILES string of the molecule is C=C(NC(C)(C)C)C(N)=O. The van der Waals surface area contributed by atoms with Gasteiger partial charge in [-0.05, 0) is 20.8 Å². The van der Waals surface area contributed by atoms with Gasteiger partial charge in [-0.15, -0.1) is 0 Å². The van der Waals surface area contributed by atoms with Gasteiger partial charge in [-0.25, -0.2) is 0 Å². The van der Waals surface area contributed by atoms with Crippen molar-refractivity contribution in [3.63, 3.8) is 0 Å². The molecule has 0 aromatic carbocycles. The summed E-state index contributed by atoms with van der Waals surface area (Å²) in [5.41, 5.74) is 5.05. The highest BCUT2D eigenvalue weighted by molar-refractivity contribution is 5.90. The number of nitrogens with two attached hydrogens (primary N) is 1. The lowest BCUT2D eigenvalue weighted by Crippen LogP contribution is -2.39. The maximum Gasteiger partial charge on any atom is 0.264 e. The Morgan fingerprint density at radius 1 is 1.50 bits per heavy atom. The Bertz CT molecular complexity index is 155. The zero-order chi connectivity index (χ0) is 8.36. The molecule has 0 aliphatic carbocycles. The molecule has 3 N–H and O–H groups in total. The molecule has 0 radical (unpaired) electrons. The van der Waals surface area contributed by atoms with Crippen LogP contribution >= 0.6 is 0 Å². The number of nitrogens with one attached hydrogen (secondary N) is 1. The van der Waals surface area contributed by atoms with Crippen molar-refractivity contribution < 1.29 is 4.79 Å². The molecule has 3 nitrogen and oxygen atoms in total. The average Bonchev–Trinajstić information content (AvgIpc) is 1.60. The topological polar surface area (TPSA) is 55.1 Å². The number of rotatable bonds is 2. The summed E-state index contributed by atoms with van der Waals surface area (Å²) < 4.78 is 0. The van der Waals surface area contributed by atoms with Gasteiger partial charge in [0.15, 0.2) is 0 Å². The van der Waals surface area contributed by atoms with E-state index in [1.807, 2.05) is 20.8 Å². The van der Waals surface area contributed by atoms with Crippen molar-refractivity contribution in [3.8, 4) is 0 Å². The second-order valence-corrected chi connectivity index (χ2v) is 3.22.